The highest BCUT2D eigenvalue weighted by Crippen LogP contribution is 2.22. The van der Waals surface area contributed by atoms with Crippen molar-refractivity contribution in [3.63, 3.8) is 0 Å². The number of carbonyl (C=O) groups is 1. The molecule has 0 saturated carbocycles. The Morgan fingerprint density at radius 2 is 2.24 bits per heavy atom. The Labute approximate surface area is 132 Å². The van der Waals surface area contributed by atoms with Crippen LogP contribution in [0.25, 0.3) is 0 Å². The summed E-state index contributed by atoms with van der Waals surface area (Å²) in [5.41, 5.74) is 1.68. The zero-order chi connectivity index (χ0) is 15.4. The van der Waals surface area contributed by atoms with Crippen molar-refractivity contribution in [2.24, 2.45) is 5.92 Å². The molecule has 1 aromatic rings. The molecule has 3 nitrogen and oxygen atoms in total. The van der Waals surface area contributed by atoms with Crippen molar-refractivity contribution in [1.29, 1.82) is 0 Å². The Kier molecular flexibility index (Phi) is 5.65. The van der Waals surface area contributed by atoms with Crippen molar-refractivity contribution in [2.75, 3.05) is 19.6 Å². The van der Waals surface area contributed by atoms with E-state index in [-0.39, 0.29) is 11.9 Å². The number of halogens is 1. The third kappa shape index (κ3) is 4.21. The van der Waals surface area contributed by atoms with Gasteiger partial charge in [-0.05, 0) is 70.3 Å². The predicted octanol–water partition coefficient (Wildman–Crippen LogP) is 3.50. The lowest BCUT2D eigenvalue weighted by Crippen LogP contribution is -2.44. The standard InChI is InChI=1S/C17H25ClN2O/c1-12(2)20(11-14-5-4-8-19-10-14)17(21)15-7-6-13(3)9-16(15)18/h6-7,9,12,14,19H,4-5,8,10-11H2,1-3H3. The fourth-order valence-corrected chi connectivity index (χ4v) is 3.15. The molecule has 116 valence electrons. The van der Waals surface area contributed by atoms with Crippen LogP contribution in [0.4, 0.5) is 0 Å². The van der Waals surface area contributed by atoms with Gasteiger partial charge in [0.1, 0.15) is 0 Å². The molecular weight excluding hydrogens is 284 g/mol. The summed E-state index contributed by atoms with van der Waals surface area (Å²) in [6.07, 6.45) is 2.38. The molecule has 0 radical (unpaired) electrons. The van der Waals surface area contributed by atoms with Crippen LogP contribution in [0.5, 0.6) is 0 Å². The Morgan fingerprint density at radius 1 is 1.48 bits per heavy atom. The first kappa shape index (κ1) is 16.3. The molecule has 0 aromatic heterocycles. The average Bonchev–Trinajstić information content (AvgIpc) is 2.45. The third-order valence-corrected chi connectivity index (χ3v) is 4.41. The van der Waals surface area contributed by atoms with E-state index in [0.29, 0.717) is 16.5 Å². The van der Waals surface area contributed by atoms with E-state index in [1.807, 2.05) is 30.0 Å². The van der Waals surface area contributed by atoms with Crippen LogP contribution in [0.3, 0.4) is 0 Å². The van der Waals surface area contributed by atoms with Crippen LogP contribution in [-0.4, -0.2) is 36.5 Å². The van der Waals surface area contributed by atoms with Crippen LogP contribution in [0.1, 0.15) is 42.6 Å². The number of carbonyl (C=O) groups excluding carboxylic acids is 1. The molecule has 1 N–H and O–H groups in total. The topological polar surface area (TPSA) is 32.3 Å². The lowest BCUT2D eigenvalue weighted by atomic mass is 9.98. The van der Waals surface area contributed by atoms with Crippen LogP contribution in [0, 0.1) is 12.8 Å². The monoisotopic (exact) mass is 308 g/mol. The average molecular weight is 309 g/mol. The zero-order valence-corrected chi connectivity index (χ0v) is 13.9. The minimum atomic E-state index is 0.0422. The zero-order valence-electron chi connectivity index (χ0n) is 13.2. The van der Waals surface area contributed by atoms with Gasteiger partial charge < -0.3 is 10.2 Å². The highest BCUT2D eigenvalue weighted by atomic mass is 35.5. The highest BCUT2D eigenvalue weighted by molar-refractivity contribution is 6.33. The third-order valence-electron chi connectivity index (χ3n) is 4.09. The van der Waals surface area contributed by atoms with Gasteiger partial charge in [-0.3, -0.25) is 4.79 Å². The van der Waals surface area contributed by atoms with Gasteiger partial charge in [-0.15, -0.1) is 0 Å². The second-order valence-electron chi connectivity index (χ2n) is 6.25. The smallest absolute Gasteiger partial charge is 0.255 e. The number of hydrogen-bond donors (Lipinski definition) is 1. The normalized spacial score (nSPS) is 18.8. The number of hydrogen-bond acceptors (Lipinski definition) is 2. The van der Waals surface area contributed by atoms with Gasteiger partial charge in [0.05, 0.1) is 10.6 Å². The maximum Gasteiger partial charge on any atom is 0.255 e. The highest BCUT2D eigenvalue weighted by Gasteiger charge is 2.25. The van der Waals surface area contributed by atoms with Crippen molar-refractivity contribution in [1.82, 2.24) is 10.2 Å². The van der Waals surface area contributed by atoms with Crippen molar-refractivity contribution in [3.05, 3.63) is 34.3 Å². The van der Waals surface area contributed by atoms with Crippen LogP contribution in [-0.2, 0) is 0 Å². The molecule has 4 heteroatoms. The summed E-state index contributed by atoms with van der Waals surface area (Å²) in [7, 11) is 0. The van der Waals surface area contributed by atoms with Crippen LogP contribution < -0.4 is 5.32 Å². The van der Waals surface area contributed by atoms with Gasteiger partial charge >= 0.3 is 0 Å². The molecule has 1 heterocycles. The summed E-state index contributed by atoms with van der Waals surface area (Å²) >= 11 is 6.26. The molecule has 1 amide bonds. The molecule has 1 unspecified atom stereocenters. The molecule has 1 fully saturated rings. The van der Waals surface area contributed by atoms with Crippen molar-refractivity contribution in [3.8, 4) is 0 Å². The summed E-state index contributed by atoms with van der Waals surface area (Å²) in [6.45, 7) is 9.00. The van der Waals surface area contributed by atoms with Crippen LogP contribution >= 0.6 is 11.6 Å². The molecule has 1 aliphatic rings. The van der Waals surface area contributed by atoms with Gasteiger partial charge in [0.25, 0.3) is 5.91 Å². The van der Waals surface area contributed by atoms with Gasteiger partial charge in [-0.1, -0.05) is 17.7 Å². The number of rotatable bonds is 4. The number of piperidine rings is 1. The predicted molar refractivity (Wildman–Crippen MR) is 88.0 cm³/mol. The van der Waals surface area contributed by atoms with E-state index in [2.05, 4.69) is 19.2 Å². The van der Waals surface area contributed by atoms with Gasteiger partial charge in [-0.2, -0.15) is 0 Å². The minimum absolute atomic E-state index is 0.0422. The van der Waals surface area contributed by atoms with Gasteiger partial charge in [0.2, 0.25) is 0 Å². The maximum absolute atomic E-state index is 12.8. The van der Waals surface area contributed by atoms with E-state index >= 15 is 0 Å². The largest absolute Gasteiger partial charge is 0.336 e. The molecule has 0 bridgehead atoms. The van der Waals surface area contributed by atoms with E-state index in [1.54, 1.807) is 0 Å². The van der Waals surface area contributed by atoms with Crippen LogP contribution in [0.15, 0.2) is 18.2 Å². The summed E-state index contributed by atoms with van der Waals surface area (Å²) in [5.74, 6) is 0.579. The Bertz CT molecular complexity index is 496. The second-order valence-corrected chi connectivity index (χ2v) is 6.65. The number of nitrogens with zero attached hydrogens (tertiary/aromatic N) is 1. The SMILES string of the molecule is Cc1ccc(C(=O)N(CC2CCCNC2)C(C)C)c(Cl)c1. The molecule has 1 aromatic carbocycles. The van der Waals surface area contributed by atoms with Crippen molar-refractivity contribution >= 4 is 17.5 Å². The maximum atomic E-state index is 12.8. The van der Waals surface area contributed by atoms with E-state index in [0.717, 1.165) is 25.2 Å². The molecule has 2 rings (SSSR count). The van der Waals surface area contributed by atoms with E-state index in [9.17, 15) is 4.79 Å². The summed E-state index contributed by atoms with van der Waals surface area (Å²) in [6, 6.07) is 5.82. The molecule has 0 spiro atoms. The molecule has 21 heavy (non-hydrogen) atoms. The fraction of sp³-hybridized carbons (Fsp3) is 0.588. The number of aryl methyl sites for hydroxylation is 1. The van der Waals surface area contributed by atoms with Crippen molar-refractivity contribution < 1.29 is 4.79 Å². The lowest BCUT2D eigenvalue weighted by molar-refractivity contribution is 0.0661. The van der Waals surface area contributed by atoms with E-state index in [1.165, 1.54) is 12.8 Å². The first-order valence-corrected chi connectivity index (χ1v) is 8.14. The Hall–Kier alpha value is -1.06. The van der Waals surface area contributed by atoms with Gasteiger partial charge in [0, 0.05) is 12.6 Å². The summed E-state index contributed by atoms with van der Waals surface area (Å²) in [4.78, 5) is 14.8. The van der Waals surface area contributed by atoms with Crippen molar-refractivity contribution in [2.45, 2.75) is 39.7 Å². The summed E-state index contributed by atoms with van der Waals surface area (Å²) < 4.78 is 0. The molecule has 1 aliphatic heterocycles. The molecular formula is C17H25ClN2O. The molecule has 1 atom stereocenters. The first-order valence-electron chi connectivity index (χ1n) is 7.77. The fourth-order valence-electron chi connectivity index (χ4n) is 2.83. The second kappa shape index (κ2) is 7.28. The van der Waals surface area contributed by atoms with Crippen LogP contribution in [0.2, 0.25) is 5.02 Å². The van der Waals surface area contributed by atoms with Gasteiger partial charge in [-0.25, -0.2) is 0 Å². The van der Waals surface area contributed by atoms with E-state index < -0.39 is 0 Å². The first-order chi connectivity index (χ1) is 9.99. The van der Waals surface area contributed by atoms with Gasteiger partial charge in [0.15, 0.2) is 0 Å². The lowest BCUT2D eigenvalue weighted by Gasteiger charge is -2.33. The molecule has 1 saturated heterocycles. The number of benzene rings is 1. The Balaban J connectivity index is 2.14. The minimum Gasteiger partial charge on any atom is -0.336 e. The quantitative estimate of drug-likeness (QED) is 0.923. The molecule has 0 aliphatic carbocycles. The number of amides is 1. The van der Waals surface area contributed by atoms with E-state index in [4.69, 9.17) is 11.6 Å². The Morgan fingerprint density at radius 3 is 2.81 bits per heavy atom. The number of nitrogens with one attached hydrogen (secondary N) is 1. The summed E-state index contributed by atoms with van der Waals surface area (Å²) in [5, 5.41) is 3.96.